The molecule has 2 aromatic rings. The first-order valence-corrected chi connectivity index (χ1v) is 13.1. The number of hydrogen-bond acceptors (Lipinski definition) is 9. The molecule has 0 aliphatic carbocycles. The quantitative estimate of drug-likeness (QED) is 0.459. The molecule has 39 heavy (non-hydrogen) atoms. The molecule has 0 radical (unpaired) electrons. The molecule has 2 aliphatic heterocycles. The van der Waals surface area contributed by atoms with Crippen molar-refractivity contribution in [2.24, 2.45) is 0 Å². The number of benzene rings is 2. The number of carbonyl (C=O) groups excluding carboxylic acids is 2. The van der Waals surface area contributed by atoms with Gasteiger partial charge in [0.25, 0.3) is 0 Å². The number of aliphatic hydroxyl groups excluding tert-OH is 1. The molecule has 2 amide bonds. The Morgan fingerprint density at radius 1 is 0.974 bits per heavy atom. The first kappa shape index (κ1) is 28.8. The molecule has 2 aromatic carbocycles. The first-order valence-electron chi connectivity index (χ1n) is 13.1. The lowest BCUT2D eigenvalue weighted by molar-refractivity contribution is -0.255. The lowest BCUT2D eigenvalue weighted by Gasteiger charge is -2.46. The maximum Gasteiger partial charge on any atom is 0.444 e. The highest BCUT2D eigenvalue weighted by molar-refractivity contribution is 5.73. The summed E-state index contributed by atoms with van der Waals surface area (Å²) in [5, 5.41) is 14.1. The van der Waals surface area contributed by atoms with E-state index in [1.807, 2.05) is 60.7 Å². The van der Waals surface area contributed by atoms with Gasteiger partial charge in [-0.2, -0.15) is 5.01 Å². The predicted molar refractivity (Wildman–Crippen MR) is 140 cm³/mol. The lowest BCUT2D eigenvalue weighted by Crippen LogP contribution is -2.68. The maximum atomic E-state index is 13.4. The summed E-state index contributed by atoms with van der Waals surface area (Å²) in [5.41, 5.74) is 4.22. The summed E-state index contributed by atoms with van der Waals surface area (Å²) in [4.78, 5) is 26.1. The Bertz CT molecular complexity index is 1070. The predicted octanol–water partition coefficient (Wildman–Crippen LogP) is 3.37. The summed E-state index contributed by atoms with van der Waals surface area (Å²) in [6.45, 7) is 7.32. The van der Waals surface area contributed by atoms with Crippen LogP contribution in [0.3, 0.4) is 0 Å². The molecule has 0 unspecified atom stereocenters. The Kier molecular flexibility index (Phi) is 9.76. The van der Waals surface area contributed by atoms with Gasteiger partial charge in [-0.1, -0.05) is 60.7 Å². The highest BCUT2D eigenvalue weighted by Crippen LogP contribution is 2.35. The Morgan fingerprint density at radius 2 is 1.59 bits per heavy atom. The molecule has 2 saturated heterocycles. The molecule has 5 atom stereocenters. The van der Waals surface area contributed by atoms with E-state index in [-0.39, 0.29) is 19.8 Å². The third-order valence-electron chi connectivity index (χ3n) is 6.19. The van der Waals surface area contributed by atoms with Crippen LogP contribution in [0.15, 0.2) is 60.7 Å². The zero-order valence-corrected chi connectivity index (χ0v) is 22.6. The summed E-state index contributed by atoms with van der Waals surface area (Å²) in [6.07, 6.45) is -5.97. The number of nitrogens with zero attached hydrogens (tertiary/aromatic N) is 2. The van der Waals surface area contributed by atoms with Crippen LogP contribution in [0.2, 0.25) is 0 Å². The summed E-state index contributed by atoms with van der Waals surface area (Å²) in [7, 11) is 0. The number of ether oxygens (including phenoxy) is 5. The van der Waals surface area contributed by atoms with Crippen LogP contribution in [0.4, 0.5) is 9.59 Å². The number of amides is 2. The molecule has 11 nitrogen and oxygen atoms in total. The van der Waals surface area contributed by atoms with Gasteiger partial charge in [0.1, 0.15) is 24.4 Å². The van der Waals surface area contributed by atoms with Gasteiger partial charge in [0.2, 0.25) is 0 Å². The molecule has 2 aliphatic rings. The van der Waals surface area contributed by atoms with Crippen molar-refractivity contribution in [2.45, 2.75) is 83.7 Å². The fraction of sp³-hybridized carbons (Fsp3) is 0.500. The van der Waals surface area contributed by atoms with Crippen molar-refractivity contribution >= 4 is 12.2 Å². The highest BCUT2D eigenvalue weighted by atomic mass is 16.7. The van der Waals surface area contributed by atoms with Crippen LogP contribution in [0, 0.1) is 0 Å². The van der Waals surface area contributed by atoms with Gasteiger partial charge in [0.15, 0.2) is 6.29 Å². The molecule has 2 fully saturated rings. The van der Waals surface area contributed by atoms with Crippen LogP contribution in [-0.2, 0) is 36.8 Å². The smallest absolute Gasteiger partial charge is 0.444 e. The summed E-state index contributed by atoms with van der Waals surface area (Å²) >= 11 is 0. The number of nitrogens with one attached hydrogen (secondary N) is 1. The summed E-state index contributed by atoms with van der Waals surface area (Å²) < 4.78 is 28.9. The zero-order valence-electron chi connectivity index (χ0n) is 22.6. The van der Waals surface area contributed by atoms with Crippen molar-refractivity contribution < 1.29 is 38.4 Å². The molecule has 0 saturated carbocycles. The molecule has 0 spiro atoms. The largest absolute Gasteiger partial charge is 0.446 e. The monoisotopic (exact) mass is 543 g/mol. The van der Waals surface area contributed by atoms with Crippen LogP contribution in [0.25, 0.3) is 0 Å². The van der Waals surface area contributed by atoms with Crippen LogP contribution < -0.4 is 5.43 Å². The maximum absolute atomic E-state index is 13.4. The van der Waals surface area contributed by atoms with Gasteiger partial charge in [0, 0.05) is 6.54 Å². The molecule has 11 heteroatoms. The summed E-state index contributed by atoms with van der Waals surface area (Å²) in [5.74, 6) is 0. The molecule has 2 heterocycles. The minimum Gasteiger partial charge on any atom is -0.446 e. The summed E-state index contributed by atoms with van der Waals surface area (Å²) in [6, 6.07) is 17.9. The van der Waals surface area contributed by atoms with E-state index < -0.39 is 55.0 Å². The SMILES string of the molecule is CC(C)OC(=O)NN(C(=O)OC(C)C)N(Cc1ccccc1)[C@H]1[C@@H]2OC[C@@H](O2)[C@@H](OCc2ccccc2)[C@@H]1O. The van der Waals surface area contributed by atoms with E-state index in [4.69, 9.17) is 23.7 Å². The van der Waals surface area contributed by atoms with Crippen LogP contribution in [-0.4, -0.2) is 76.9 Å². The Hall–Kier alpha value is -3.22. The number of hydrogen-bond donors (Lipinski definition) is 2. The van der Waals surface area contributed by atoms with E-state index in [0.29, 0.717) is 0 Å². The molecule has 212 valence electrons. The minimum atomic E-state index is -1.15. The van der Waals surface area contributed by atoms with Crippen molar-refractivity contribution in [2.75, 3.05) is 6.61 Å². The normalized spacial score (nSPS) is 24.2. The molecule has 2 bridgehead atoms. The molecule has 0 aromatic heterocycles. The number of aliphatic hydroxyl groups is 1. The number of hydrazine groups is 2. The van der Waals surface area contributed by atoms with Gasteiger partial charge in [-0.3, -0.25) is 0 Å². The van der Waals surface area contributed by atoms with Crippen molar-refractivity contribution in [1.82, 2.24) is 15.6 Å². The van der Waals surface area contributed by atoms with Gasteiger partial charge in [0.05, 0.1) is 25.4 Å². The van der Waals surface area contributed by atoms with Crippen LogP contribution in [0.5, 0.6) is 0 Å². The molecule has 4 rings (SSSR count). The number of carbonyl (C=O) groups is 2. The molecule has 2 N–H and O–H groups in total. The third-order valence-corrected chi connectivity index (χ3v) is 6.19. The Labute approximate surface area is 228 Å². The average molecular weight is 544 g/mol. The van der Waals surface area contributed by atoms with Gasteiger partial charge < -0.3 is 28.8 Å². The van der Waals surface area contributed by atoms with E-state index in [1.165, 1.54) is 5.01 Å². The van der Waals surface area contributed by atoms with Crippen molar-refractivity contribution in [1.29, 1.82) is 0 Å². The number of fused-ring (bicyclic) bond motifs is 2. The first-order chi connectivity index (χ1) is 18.7. The fourth-order valence-corrected chi connectivity index (χ4v) is 4.53. The van der Waals surface area contributed by atoms with Crippen LogP contribution in [0.1, 0.15) is 38.8 Å². The second-order valence-electron chi connectivity index (χ2n) is 10.0. The highest BCUT2D eigenvalue weighted by Gasteiger charge is 2.55. The molecular weight excluding hydrogens is 506 g/mol. The van der Waals surface area contributed by atoms with Crippen molar-refractivity contribution in [3.63, 3.8) is 0 Å². The van der Waals surface area contributed by atoms with Gasteiger partial charge >= 0.3 is 12.2 Å². The van der Waals surface area contributed by atoms with E-state index in [0.717, 1.165) is 16.2 Å². The standard InChI is InChI=1S/C28H37N3O8/c1-18(2)37-27(33)29-31(28(34)38-19(3)4)30(15-20-11-7-5-8-12-20)23-24(32)25(22-17-36-26(23)39-22)35-16-21-13-9-6-10-14-21/h5-14,18-19,22-26,32H,15-17H2,1-4H3,(H,29,33)/t22-,23-,24-,25-,26-/m1/s1. The van der Waals surface area contributed by atoms with E-state index in [2.05, 4.69) is 5.43 Å². The molecular formula is C28H37N3O8. The lowest BCUT2D eigenvalue weighted by atomic mass is 9.97. The Balaban J connectivity index is 1.66. The third kappa shape index (κ3) is 7.46. The van der Waals surface area contributed by atoms with E-state index >= 15 is 0 Å². The topological polar surface area (TPSA) is 119 Å². The van der Waals surface area contributed by atoms with E-state index in [1.54, 1.807) is 27.7 Å². The zero-order chi connectivity index (χ0) is 27.9. The fourth-order valence-electron chi connectivity index (χ4n) is 4.53. The van der Waals surface area contributed by atoms with Gasteiger partial charge in [-0.05, 0) is 38.8 Å². The van der Waals surface area contributed by atoms with Crippen molar-refractivity contribution in [3.8, 4) is 0 Å². The minimum absolute atomic E-state index is 0.0943. The number of rotatable bonds is 9. The van der Waals surface area contributed by atoms with Gasteiger partial charge in [-0.25, -0.2) is 15.0 Å². The average Bonchev–Trinajstić information content (AvgIpc) is 3.32. The Morgan fingerprint density at radius 3 is 2.21 bits per heavy atom. The van der Waals surface area contributed by atoms with Gasteiger partial charge in [-0.15, -0.1) is 5.12 Å². The van der Waals surface area contributed by atoms with E-state index in [9.17, 15) is 14.7 Å². The second kappa shape index (κ2) is 13.2. The second-order valence-corrected chi connectivity index (χ2v) is 10.0. The van der Waals surface area contributed by atoms with Crippen molar-refractivity contribution in [3.05, 3.63) is 71.8 Å². The van der Waals surface area contributed by atoms with Crippen LogP contribution >= 0.6 is 0 Å².